The van der Waals surface area contributed by atoms with Crippen LogP contribution in [0.3, 0.4) is 0 Å². The molecule has 1 rings (SSSR count). The normalized spacial score (nSPS) is 9.77. The van der Waals surface area contributed by atoms with Crippen LogP contribution in [0, 0.1) is 0 Å². The summed E-state index contributed by atoms with van der Waals surface area (Å²) in [6, 6.07) is 4.65. The van der Waals surface area contributed by atoms with Crippen LogP contribution in [-0.4, -0.2) is 50.4 Å². The molecule has 1 aromatic carbocycles. The highest BCUT2D eigenvalue weighted by molar-refractivity contribution is 6.41. The van der Waals surface area contributed by atoms with Crippen LogP contribution in [0.5, 0.6) is 11.5 Å². The van der Waals surface area contributed by atoms with Crippen LogP contribution in [0.15, 0.2) is 18.2 Å². The molecule has 22 heavy (non-hydrogen) atoms. The highest BCUT2D eigenvalue weighted by Crippen LogP contribution is 2.29. The van der Waals surface area contributed by atoms with Gasteiger partial charge in [0.15, 0.2) is 11.5 Å². The summed E-state index contributed by atoms with van der Waals surface area (Å²) in [7, 11) is 2.94. The Bertz CT molecular complexity index is 547. The van der Waals surface area contributed by atoms with E-state index in [1.807, 2.05) is 0 Å². The van der Waals surface area contributed by atoms with E-state index in [2.05, 4.69) is 5.32 Å². The average molecular weight is 309 g/mol. The average Bonchev–Trinajstić information content (AvgIpc) is 2.55. The molecule has 0 unspecified atom stereocenters. The molecule has 1 aromatic rings. The van der Waals surface area contributed by atoms with Crippen molar-refractivity contribution in [2.45, 2.75) is 6.42 Å². The van der Waals surface area contributed by atoms with Crippen LogP contribution in [0.2, 0.25) is 0 Å². The van der Waals surface area contributed by atoms with Gasteiger partial charge >= 0.3 is 11.8 Å². The number of ether oxygens (including phenoxy) is 2. The van der Waals surface area contributed by atoms with Crippen molar-refractivity contribution >= 4 is 23.9 Å². The highest BCUT2D eigenvalue weighted by Gasteiger charge is 2.21. The number of benzene rings is 1. The van der Waals surface area contributed by atoms with Gasteiger partial charge in [-0.3, -0.25) is 19.3 Å². The number of nitrogens with zero attached hydrogens (tertiary/aromatic N) is 1. The van der Waals surface area contributed by atoms with Gasteiger partial charge in [0.1, 0.15) is 0 Å². The maximum atomic E-state index is 11.9. The van der Waals surface area contributed by atoms with Gasteiger partial charge in [0.2, 0.25) is 6.41 Å². The molecule has 0 atom stereocenters. The number of rotatable bonds is 7. The van der Waals surface area contributed by atoms with E-state index in [0.717, 1.165) is 4.90 Å². The number of nitrogens with two attached hydrogens (primary N) is 1. The fraction of sp³-hybridized carbons (Fsp3) is 0.357. The van der Waals surface area contributed by atoms with Crippen LogP contribution in [0.1, 0.15) is 6.42 Å². The van der Waals surface area contributed by atoms with Gasteiger partial charge in [0.05, 0.1) is 14.2 Å². The fourth-order valence-corrected chi connectivity index (χ4v) is 1.69. The predicted octanol–water partition coefficient (Wildman–Crippen LogP) is -0.0239. The van der Waals surface area contributed by atoms with Crippen molar-refractivity contribution in [3.63, 3.8) is 0 Å². The summed E-state index contributed by atoms with van der Waals surface area (Å²) in [6.45, 7) is 0.410. The minimum Gasteiger partial charge on any atom is -0.493 e. The molecule has 0 fully saturated rings. The summed E-state index contributed by atoms with van der Waals surface area (Å²) in [5, 5.41) is 2.40. The molecule has 3 amide bonds. The van der Waals surface area contributed by atoms with E-state index in [9.17, 15) is 14.4 Å². The molecular formula is C14H19N3O5. The van der Waals surface area contributed by atoms with Crippen molar-refractivity contribution in [3.05, 3.63) is 18.2 Å². The molecule has 0 radical (unpaired) electrons. The molecule has 120 valence electrons. The van der Waals surface area contributed by atoms with Crippen LogP contribution >= 0.6 is 0 Å². The van der Waals surface area contributed by atoms with Crippen LogP contribution in [-0.2, 0) is 14.4 Å². The van der Waals surface area contributed by atoms with Gasteiger partial charge in [0, 0.05) is 18.3 Å². The van der Waals surface area contributed by atoms with E-state index in [-0.39, 0.29) is 6.54 Å². The van der Waals surface area contributed by atoms with Gasteiger partial charge in [-0.25, -0.2) is 0 Å². The monoisotopic (exact) mass is 309 g/mol. The second-order valence-corrected chi connectivity index (χ2v) is 4.27. The van der Waals surface area contributed by atoms with Crippen LogP contribution < -0.4 is 20.5 Å². The number of carbonyl (C=O) groups excluding carboxylic acids is 3. The SMILES string of the molecule is COc1ccc(NC(=O)C(=O)N(C=O)CCCN)cc1OC. The highest BCUT2D eigenvalue weighted by atomic mass is 16.5. The number of nitrogens with one attached hydrogen (secondary N) is 1. The molecule has 0 saturated carbocycles. The quantitative estimate of drug-likeness (QED) is 0.541. The summed E-state index contributed by atoms with van der Waals surface area (Å²) < 4.78 is 10.2. The van der Waals surface area contributed by atoms with Gasteiger partial charge < -0.3 is 20.5 Å². The van der Waals surface area contributed by atoms with Crippen molar-refractivity contribution in [1.29, 1.82) is 0 Å². The second kappa shape index (κ2) is 8.63. The van der Waals surface area contributed by atoms with E-state index >= 15 is 0 Å². The molecule has 8 nitrogen and oxygen atoms in total. The third-order valence-corrected chi connectivity index (χ3v) is 2.83. The number of anilines is 1. The Morgan fingerprint density at radius 3 is 2.50 bits per heavy atom. The molecule has 0 aliphatic heterocycles. The molecule has 3 N–H and O–H groups in total. The van der Waals surface area contributed by atoms with E-state index < -0.39 is 11.8 Å². The van der Waals surface area contributed by atoms with E-state index in [1.165, 1.54) is 20.3 Å². The van der Waals surface area contributed by atoms with Crippen LogP contribution in [0.4, 0.5) is 5.69 Å². The van der Waals surface area contributed by atoms with Gasteiger partial charge in [0.25, 0.3) is 0 Å². The smallest absolute Gasteiger partial charge is 0.318 e. The zero-order chi connectivity index (χ0) is 16.5. The van der Waals surface area contributed by atoms with Crippen LogP contribution in [0.25, 0.3) is 0 Å². The Labute approximate surface area is 128 Å². The zero-order valence-corrected chi connectivity index (χ0v) is 12.5. The summed E-state index contributed by atoms with van der Waals surface area (Å²) >= 11 is 0. The van der Waals surface area contributed by atoms with Gasteiger partial charge in [-0.05, 0) is 25.1 Å². The third-order valence-electron chi connectivity index (χ3n) is 2.83. The van der Waals surface area contributed by atoms with Crippen molar-refractivity contribution in [2.24, 2.45) is 5.73 Å². The minimum absolute atomic E-state index is 0.0954. The predicted molar refractivity (Wildman–Crippen MR) is 79.6 cm³/mol. The standard InChI is InChI=1S/C14H19N3O5/c1-21-11-5-4-10(8-12(11)22-2)16-13(19)14(20)17(9-18)7-3-6-15/h4-5,8-9H,3,6-7,15H2,1-2H3,(H,16,19). The Kier molecular flexibility index (Phi) is 6.84. The lowest BCUT2D eigenvalue weighted by molar-refractivity contribution is -0.146. The Balaban J connectivity index is 2.79. The summed E-state index contributed by atoms with van der Waals surface area (Å²) in [6.07, 6.45) is 0.736. The molecule has 8 heteroatoms. The summed E-state index contributed by atoms with van der Waals surface area (Å²) in [5.41, 5.74) is 5.66. The first-order chi connectivity index (χ1) is 10.6. The molecule has 0 saturated heterocycles. The minimum atomic E-state index is -0.946. The van der Waals surface area contributed by atoms with Crippen molar-refractivity contribution in [1.82, 2.24) is 4.90 Å². The number of imide groups is 1. The molecule has 0 spiro atoms. The van der Waals surface area contributed by atoms with Gasteiger partial charge in [-0.2, -0.15) is 0 Å². The third kappa shape index (κ3) is 4.45. The fourth-order valence-electron chi connectivity index (χ4n) is 1.69. The topological polar surface area (TPSA) is 111 Å². The van der Waals surface area contributed by atoms with E-state index in [1.54, 1.807) is 12.1 Å². The molecular weight excluding hydrogens is 290 g/mol. The first-order valence-corrected chi connectivity index (χ1v) is 6.56. The first-order valence-electron chi connectivity index (χ1n) is 6.56. The van der Waals surface area contributed by atoms with Gasteiger partial charge in [-0.15, -0.1) is 0 Å². The number of hydrogen-bond acceptors (Lipinski definition) is 6. The first kappa shape index (κ1) is 17.4. The van der Waals surface area contributed by atoms with Crippen molar-refractivity contribution in [3.8, 4) is 11.5 Å². The summed E-state index contributed by atoms with van der Waals surface area (Å²) in [5.74, 6) is -0.970. The van der Waals surface area contributed by atoms with E-state index in [0.29, 0.717) is 36.6 Å². The number of amides is 3. The molecule has 0 aliphatic carbocycles. The van der Waals surface area contributed by atoms with Crippen molar-refractivity contribution < 1.29 is 23.9 Å². The molecule has 0 aliphatic rings. The second-order valence-electron chi connectivity index (χ2n) is 4.27. The largest absolute Gasteiger partial charge is 0.493 e. The maximum absolute atomic E-state index is 11.9. The number of methoxy groups -OCH3 is 2. The zero-order valence-electron chi connectivity index (χ0n) is 12.5. The molecule has 0 heterocycles. The lowest BCUT2D eigenvalue weighted by atomic mass is 10.2. The van der Waals surface area contributed by atoms with E-state index in [4.69, 9.17) is 15.2 Å². The van der Waals surface area contributed by atoms with Gasteiger partial charge in [-0.1, -0.05) is 0 Å². The summed E-state index contributed by atoms with van der Waals surface area (Å²) in [4.78, 5) is 35.3. The Hall–Kier alpha value is -2.61. The number of hydrogen-bond donors (Lipinski definition) is 2. The Morgan fingerprint density at radius 1 is 1.27 bits per heavy atom. The molecule has 0 aromatic heterocycles. The lowest BCUT2D eigenvalue weighted by Crippen LogP contribution is -2.39. The van der Waals surface area contributed by atoms with Crippen molar-refractivity contribution in [2.75, 3.05) is 32.6 Å². The lowest BCUT2D eigenvalue weighted by Gasteiger charge is -2.15. The Morgan fingerprint density at radius 2 is 1.95 bits per heavy atom. The molecule has 0 bridgehead atoms. The number of carbonyl (C=O) groups is 3. The maximum Gasteiger partial charge on any atom is 0.318 e.